The van der Waals surface area contributed by atoms with Crippen LogP contribution in [0.25, 0.3) is 11.1 Å². The minimum absolute atomic E-state index is 0.212. The van der Waals surface area contributed by atoms with E-state index in [-0.39, 0.29) is 31.8 Å². The largest absolute Gasteiger partial charge is 0.495 e. The van der Waals surface area contributed by atoms with E-state index in [0.717, 1.165) is 15.6 Å². The summed E-state index contributed by atoms with van der Waals surface area (Å²) in [5, 5.41) is 3.55. The molecule has 33 heavy (non-hydrogen) atoms. The van der Waals surface area contributed by atoms with Crippen LogP contribution in [-0.2, 0) is 0 Å². The fraction of sp³-hybridized carbons (Fsp3) is 0.240. The number of hydrogen-bond acceptors (Lipinski definition) is 3. The van der Waals surface area contributed by atoms with Crippen molar-refractivity contribution in [3.63, 3.8) is 0 Å². The highest BCUT2D eigenvalue weighted by atomic mass is 79.9. The molecule has 1 aliphatic rings. The van der Waals surface area contributed by atoms with Gasteiger partial charge in [-0.1, -0.05) is 39.7 Å². The highest BCUT2D eigenvalue weighted by molar-refractivity contribution is 9.10. The van der Waals surface area contributed by atoms with E-state index in [1.165, 1.54) is 7.11 Å². The second kappa shape index (κ2) is 9.69. The molecule has 4 nitrogen and oxygen atoms in total. The molecule has 1 N–H and O–H groups in total. The van der Waals surface area contributed by atoms with E-state index in [4.69, 9.17) is 16.3 Å². The van der Waals surface area contributed by atoms with E-state index < -0.39 is 5.92 Å². The molecule has 1 amide bonds. The topological polar surface area (TPSA) is 41.6 Å². The number of halogens is 4. The first-order valence-electron chi connectivity index (χ1n) is 10.4. The summed E-state index contributed by atoms with van der Waals surface area (Å²) in [4.78, 5) is 15.1. The zero-order valence-electron chi connectivity index (χ0n) is 17.9. The molecule has 0 bridgehead atoms. The van der Waals surface area contributed by atoms with Gasteiger partial charge >= 0.3 is 0 Å². The third kappa shape index (κ3) is 5.47. The molecular formula is C25H22BrClF2N2O2. The molecular weight excluding hydrogens is 514 g/mol. The first-order valence-corrected chi connectivity index (χ1v) is 11.6. The van der Waals surface area contributed by atoms with Crippen molar-refractivity contribution in [2.45, 2.75) is 18.8 Å². The molecule has 0 aromatic heterocycles. The van der Waals surface area contributed by atoms with Gasteiger partial charge in [-0.2, -0.15) is 0 Å². The summed E-state index contributed by atoms with van der Waals surface area (Å²) in [6.07, 6.45) is -0.424. The smallest absolute Gasteiger partial charge is 0.256 e. The van der Waals surface area contributed by atoms with Gasteiger partial charge in [0.15, 0.2) is 0 Å². The molecule has 172 valence electrons. The number of methoxy groups -OCH3 is 1. The van der Waals surface area contributed by atoms with Crippen molar-refractivity contribution in [2.24, 2.45) is 0 Å². The molecule has 0 atom stereocenters. The van der Waals surface area contributed by atoms with Crippen molar-refractivity contribution in [1.29, 1.82) is 0 Å². The van der Waals surface area contributed by atoms with Crippen LogP contribution in [0.15, 0.2) is 65.1 Å². The van der Waals surface area contributed by atoms with Crippen molar-refractivity contribution < 1.29 is 18.3 Å². The van der Waals surface area contributed by atoms with Crippen LogP contribution >= 0.6 is 27.5 Å². The summed E-state index contributed by atoms with van der Waals surface area (Å²) in [6, 6.07) is 17.9. The van der Waals surface area contributed by atoms with Crippen LogP contribution < -0.4 is 15.0 Å². The van der Waals surface area contributed by atoms with Crippen LogP contribution in [0.3, 0.4) is 0 Å². The number of carbonyl (C=O) groups is 1. The van der Waals surface area contributed by atoms with Gasteiger partial charge in [-0.3, -0.25) is 4.79 Å². The lowest BCUT2D eigenvalue weighted by atomic mass is 9.99. The van der Waals surface area contributed by atoms with Crippen LogP contribution in [0.1, 0.15) is 23.2 Å². The predicted molar refractivity (Wildman–Crippen MR) is 132 cm³/mol. The third-order valence-corrected chi connectivity index (χ3v) is 6.40. The van der Waals surface area contributed by atoms with Gasteiger partial charge in [0.1, 0.15) is 5.75 Å². The van der Waals surface area contributed by atoms with E-state index in [1.54, 1.807) is 36.4 Å². The number of anilines is 2. The number of hydrogen-bond donors (Lipinski definition) is 1. The molecule has 1 fully saturated rings. The Bertz CT molecular complexity index is 1160. The Morgan fingerprint density at radius 1 is 1.06 bits per heavy atom. The molecule has 0 spiro atoms. The normalized spacial score (nSPS) is 15.2. The lowest BCUT2D eigenvalue weighted by molar-refractivity contribution is -0.0221. The Morgan fingerprint density at radius 3 is 2.42 bits per heavy atom. The minimum Gasteiger partial charge on any atom is -0.495 e. The van der Waals surface area contributed by atoms with E-state index >= 15 is 0 Å². The van der Waals surface area contributed by atoms with Gasteiger partial charge in [0, 0.05) is 46.7 Å². The van der Waals surface area contributed by atoms with Gasteiger partial charge in [-0.15, -0.1) is 0 Å². The van der Waals surface area contributed by atoms with Crippen molar-refractivity contribution in [1.82, 2.24) is 0 Å². The lowest BCUT2D eigenvalue weighted by Gasteiger charge is -2.34. The summed E-state index contributed by atoms with van der Waals surface area (Å²) in [7, 11) is 1.54. The second-order valence-electron chi connectivity index (χ2n) is 7.88. The number of carbonyl (C=O) groups excluding carboxylic acids is 1. The number of nitrogens with one attached hydrogen (secondary N) is 1. The van der Waals surface area contributed by atoms with Gasteiger partial charge in [0.2, 0.25) is 0 Å². The molecule has 0 radical (unpaired) electrons. The molecule has 4 rings (SSSR count). The first kappa shape index (κ1) is 23.5. The Balaban J connectivity index is 1.61. The molecule has 0 saturated carbocycles. The van der Waals surface area contributed by atoms with Gasteiger partial charge in [-0.25, -0.2) is 8.78 Å². The Kier molecular flexibility index (Phi) is 6.91. The molecule has 0 unspecified atom stereocenters. The number of amides is 1. The summed E-state index contributed by atoms with van der Waals surface area (Å²) in [5.41, 5.74) is 3.34. The quantitative estimate of drug-likeness (QED) is 0.374. The molecule has 3 aromatic rings. The summed E-state index contributed by atoms with van der Waals surface area (Å²) >= 11 is 9.49. The molecule has 8 heteroatoms. The average molecular weight is 536 g/mol. The van der Waals surface area contributed by atoms with E-state index in [2.05, 4.69) is 21.2 Å². The van der Waals surface area contributed by atoms with Crippen LogP contribution in [0, 0.1) is 0 Å². The molecule has 1 heterocycles. The highest BCUT2D eigenvalue weighted by Gasteiger charge is 2.34. The van der Waals surface area contributed by atoms with Crippen LogP contribution in [0.2, 0.25) is 5.02 Å². The highest BCUT2D eigenvalue weighted by Crippen LogP contribution is 2.37. The monoisotopic (exact) mass is 534 g/mol. The van der Waals surface area contributed by atoms with Crippen LogP contribution in [-0.4, -0.2) is 32.0 Å². The summed E-state index contributed by atoms with van der Waals surface area (Å²) in [5.74, 6) is -2.35. The van der Waals surface area contributed by atoms with E-state index in [1.807, 2.05) is 29.2 Å². The van der Waals surface area contributed by atoms with E-state index in [9.17, 15) is 13.6 Å². The van der Waals surface area contributed by atoms with Crippen molar-refractivity contribution in [3.8, 4) is 16.9 Å². The average Bonchev–Trinajstić information content (AvgIpc) is 2.79. The maximum Gasteiger partial charge on any atom is 0.256 e. The van der Waals surface area contributed by atoms with Crippen LogP contribution in [0.5, 0.6) is 5.75 Å². The maximum atomic E-state index is 13.6. The standard InChI is InChI=1S/C25H22BrClF2N2O2/c1-33-23-9-7-19(15-22(23)31-12-10-25(28,29)11-13-31)30-24(32)20-8-4-17(26)14-21(20)16-2-5-18(27)6-3-16/h2-9,14-15H,10-13H2,1H3,(H,30,32). The Hall–Kier alpha value is -2.64. The van der Waals surface area contributed by atoms with Gasteiger partial charge in [0.05, 0.1) is 12.8 Å². The number of alkyl halides is 2. The molecule has 1 saturated heterocycles. The van der Waals surface area contributed by atoms with Crippen molar-refractivity contribution in [2.75, 3.05) is 30.4 Å². The molecule has 3 aromatic carbocycles. The van der Waals surface area contributed by atoms with Crippen LogP contribution in [0.4, 0.5) is 20.2 Å². The van der Waals surface area contributed by atoms with Crippen molar-refractivity contribution in [3.05, 3.63) is 75.7 Å². The molecule has 0 aliphatic carbocycles. The summed E-state index contributed by atoms with van der Waals surface area (Å²) < 4.78 is 33.5. The number of benzene rings is 3. The zero-order chi connectivity index (χ0) is 23.6. The Morgan fingerprint density at radius 2 is 1.76 bits per heavy atom. The van der Waals surface area contributed by atoms with E-state index in [0.29, 0.717) is 27.7 Å². The van der Waals surface area contributed by atoms with Gasteiger partial charge in [-0.05, 0) is 59.7 Å². The summed E-state index contributed by atoms with van der Waals surface area (Å²) in [6.45, 7) is 0.433. The maximum absolute atomic E-state index is 13.6. The van der Waals surface area contributed by atoms with Gasteiger partial charge in [0.25, 0.3) is 11.8 Å². The first-order chi connectivity index (χ1) is 15.8. The fourth-order valence-electron chi connectivity index (χ4n) is 3.87. The molecule has 1 aliphatic heterocycles. The fourth-order valence-corrected chi connectivity index (χ4v) is 4.36. The number of piperidine rings is 1. The Labute approximate surface area is 204 Å². The second-order valence-corrected chi connectivity index (χ2v) is 9.23. The lowest BCUT2D eigenvalue weighted by Crippen LogP contribution is -2.39. The predicted octanol–water partition coefficient (Wildman–Crippen LogP) is 7.27. The number of nitrogens with zero attached hydrogens (tertiary/aromatic N) is 1. The minimum atomic E-state index is -2.64. The SMILES string of the molecule is COc1ccc(NC(=O)c2ccc(Br)cc2-c2ccc(Cl)cc2)cc1N1CCC(F)(F)CC1. The van der Waals surface area contributed by atoms with Crippen molar-refractivity contribution >= 4 is 44.8 Å². The zero-order valence-corrected chi connectivity index (χ0v) is 20.2. The third-order valence-electron chi connectivity index (χ3n) is 5.65. The number of ether oxygens (including phenoxy) is 1. The number of rotatable bonds is 5. The van der Waals surface area contributed by atoms with Gasteiger partial charge < -0.3 is 15.0 Å².